The van der Waals surface area contributed by atoms with E-state index in [-0.39, 0.29) is 23.7 Å². The van der Waals surface area contributed by atoms with Gasteiger partial charge in [-0.15, -0.1) is 0 Å². The van der Waals surface area contributed by atoms with Crippen LogP contribution in [0.3, 0.4) is 0 Å². The molecule has 1 aliphatic carbocycles. The van der Waals surface area contributed by atoms with Crippen LogP contribution in [-0.4, -0.2) is 59.4 Å². The number of fused-ring (bicyclic) bond motifs is 1. The first-order chi connectivity index (χ1) is 18.1. The monoisotopic (exact) mass is 520 g/mol. The number of hydrogen-bond donors (Lipinski definition) is 1. The van der Waals surface area contributed by atoms with Crippen LogP contribution < -0.4 is 15.2 Å². The fourth-order valence-electron chi connectivity index (χ4n) is 4.64. The number of carbonyl (C=O) groups is 1. The SMILES string of the molecule is CN(C(=O)OC(C)(C)C)c1cc2c(cn1)c(-c1cnn(C)c1)nn2[C@H]1CC[C@@H](Oc2nccc(=O)[nH]2)CC1. The minimum atomic E-state index is -0.617. The van der Waals surface area contributed by atoms with Gasteiger partial charge in [-0.25, -0.2) is 14.8 Å². The number of nitrogens with zero attached hydrogens (tertiary/aromatic N) is 7. The summed E-state index contributed by atoms with van der Waals surface area (Å²) in [6.07, 6.45) is 9.58. The number of H-pyrrole nitrogens is 1. The highest BCUT2D eigenvalue weighted by Gasteiger charge is 2.28. The zero-order valence-electron chi connectivity index (χ0n) is 22.2. The number of aromatic nitrogens is 7. The van der Waals surface area contributed by atoms with Gasteiger partial charge < -0.3 is 9.47 Å². The first kappa shape index (κ1) is 25.4. The van der Waals surface area contributed by atoms with Gasteiger partial charge in [-0.3, -0.25) is 24.0 Å². The lowest BCUT2D eigenvalue weighted by Gasteiger charge is -2.29. The third-order valence-electron chi connectivity index (χ3n) is 6.48. The summed E-state index contributed by atoms with van der Waals surface area (Å²) >= 11 is 0. The maximum atomic E-state index is 12.7. The first-order valence-corrected chi connectivity index (χ1v) is 12.6. The van der Waals surface area contributed by atoms with E-state index >= 15 is 0 Å². The molecule has 0 aliphatic heterocycles. The minimum Gasteiger partial charge on any atom is -0.461 e. The molecule has 0 radical (unpaired) electrons. The molecule has 5 rings (SSSR count). The summed E-state index contributed by atoms with van der Waals surface area (Å²) < 4.78 is 15.2. The van der Waals surface area contributed by atoms with E-state index in [0.717, 1.165) is 47.8 Å². The Balaban J connectivity index is 1.44. The zero-order valence-corrected chi connectivity index (χ0v) is 22.2. The molecule has 0 aromatic carbocycles. The number of nitrogens with one attached hydrogen (secondary N) is 1. The van der Waals surface area contributed by atoms with Gasteiger partial charge >= 0.3 is 6.09 Å². The van der Waals surface area contributed by atoms with Gasteiger partial charge in [0.25, 0.3) is 11.6 Å². The molecule has 0 bridgehead atoms. The Bertz CT molecular complexity index is 1510. The van der Waals surface area contributed by atoms with Gasteiger partial charge in [-0.1, -0.05) is 0 Å². The highest BCUT2D eigenvalue weighted by atomic mass is 16.6. The Kier molecular flexibility index (Phi) is 6.64. The van der Waals surface area contributed by atoms with Crippen LogP contribution in [0.1, 0.15) is 52.5 Å². The van der Waals surface area contributed by atoms with Crippen LogP contribution >= 0.6 is 0 Å². The third-order valence-corrected chi connectivity index (χ3v) is 6.48. The van der Waals surface area contributed by atoms with Gasteiger partial charge in [-0.05, 0) is 46.5 Å². The number of aromatic amines is 1. The molecule has 12 nitrogen and oxygen atoms in total. The number of rotatable bonds is 5. The molecule has 4 aromatic rings. The van der Waals surface area contributed by atoms with Crippen LogP contribution in [0, 0.1) is 0 Å². The van der Waals surface area contributed by atoms with E-state index in [1.165, 1.54) is 17.2 Å². The number of amides is 1. The predicted molar refractivity (Wildman–Crippen MR) is 141 cm³/mol. The van der Waals surface area contributed by atoms with Gasteiger partial charge in [0.2, 0.25) is 0 Å². The van der Waals surface area contributed by atoms with E-state index in [9.17, 15) is 9.59 Å². The van der Waals surface area contributed by atoms with Gasteiger partial charge in [-0.2, -0.15) is 10.2 Å². The van der Waals surface area contributed by atoms with Crippen molar-refractivity contribution in [2.24, 2.45) is 7.05 Å². The van der Waals surface area contributed by atoms with Crippen LogP contribution in [-0.2, 0) is 11.8 Å². The average molecular weight is 521 g/mol. The van der Waals surface area contributed by atoms with E-state index in [4.69, 9.17) is 14.6 Å². The normalized spacial score (nSPS) is 17.9. The molecule has 4 heterocycles. The summed E-state index contributed by atoms with van der Waals surface area (Å²) in [5.41, 5.74) is 1.70. The van der Waals surface area contributed by atoms with Crippen LogP contribution in [0.4, 0.5) is 10.6 Å². The maximum Gasteiger partial charge on any atom is 0.415 e. The molecule has 0 saturated heterocycles. The molecule has 12 heteroatoms. The van der Waals surface area contributed by atoms with Crippen molar-refractivity contribution in [3.05, 3.63) is 47.3 Å². The second kappa shape index (κ2) is 9.92. The lowest BCUT2D eigenvalue weighted by molar-refractivity contribution is 0.0588. The Morgan fingerprint density at radius 1 is 1.16 bits per heavy atom. The van der Waals surface area contributed by atoms with Crippen molar-refractivity contribution in [1.29, 1.82) is 0 Å². The molecule has 1 aliphatic rings. The maximum absolute atomic E-state index is 12.7. The van der Waals surface area contributed by atoms with Crippen LogP contribution in [0.5, 0.6) is 6.01 Å². The smallest absolute Gasteiger partial charge is 0.415 e. The van der Waals surface area contributed by atoms with Crippen molar-refractivity contribution < 1.29 is 14.3 Å². The van der Waals surface area contributed by atoms with Gasteiger partial charge in [0.05, 0.1) is 17.8 Å². The van der Waals surface area contributed by atoms with E-state index in [1.54, 1.807) is 24.1 Å². The highest BCUT2D eigenvalue weighted by Crippen LogP contribution is 2.36. The molecule has 1 N–H and O–H groups in total. The first-order valence-electron chi connectivity index (χ1n) is 12.6. The number of aryl methyl sites for hydroxylation is 1. The average Bonchev–Trinajstić information content (AvgIpc) is 3.46. The zero-order chi connectivity index (χ0) is 27.0. The van der Waals surface area contributed by atoms with Gasteiger partial charge in [0, 0.05) is 55.8 Å². The summed E-state index contributed by atoms with van der Waals surface area (Å²) in [5.74, 6) is 0.474. The van der Waals surface area contributed by atoms with Crippen molar-refractivity contribution in [3.63, 3.8) is 0 Å². The van der Waals surface area contributed by atoms with E-state index in [0.29, 0.717) is 5.82 Å². The van der Waals surface area contributed by atoms with E-state index in [1.807, 2.05) is 44.8 Å². The molecule has 0 spiro atoms. The summed E-state index contributed by atoms with van der Waals surface area (Å²) in [7, 11) is 3.51. The van der Waals surface area contributed by atoms with E-state index < -0.39 is 11.7 Å². The number of pyridine rings is 1. The molecule has 38 heavy (non-hydrogen) atoms. The minimum absolute atomic E-state index is 0.0491. The number of anilines is 1. The van der Waals surface area contributed by atoms with Crippen molar-refractivity contribution >= 4 is 22.8 Å². The second-order valence-corrected chi connectivity index (χ2v) is 10.6. The Morgan fingerprint density at radius 3 is 2.58 bits per heavy atom. The topological polar surface area (TPSA) is 133 Å². The molecule has 4 aromatic heterocycles. The molecular weight excluding hydrogens is 488 g/mol. The number of ether oxygens (including phenoxy) is 2. The fourth-order valence-corrected chi connectivity index (χ4v) is 4.64. The predicted octanol–water partition coefficient (Wildman–Crippen LogP) is 3.85. The van der Waals surface area contributed by atoms with Crippen LogP contribution in [0.25, 0.3) is 22.2 Å². The Morgan fingerprint density at radius 2 is 1.92 bits per heavy atom. The van der Waals surface area contributed by atoms with Crippen molar-refractivity contribution in [2.45, 2.75) is 64.2 Å². The van der Waals surface area contributed by atoms with Gasteiger partial charge in [0.1, 0.15) is 23.2 Å². The Hall–Kier alpha value is -4.22. The highest BCUT2D eigenvalue weighted by molar-refractivity contribution is 5.95. The molecular formula is C26H32N8O4. The van der Waals surface area contributed by atoms with Crippen LogP contribution in [0.2, 0.25) is 0 Å². The Labute approximate surface area is 219 Å². The summed E-state index contributed by atoms with van der Waals surface area (Å²) in [6, 6.07) is 3.60. The molecule has 0 unspecified atom stereocenters. The van der Waals surface area contributed by atoms with Crippen molar-refractivity contribution in [2.75, 3.05) is 11.9 Å². The number of carbonyl (C=O) groups excluding carboxylic acids is 1. The third kappa shape index (κ3) is 5.38. The summed E-state index contributed by atoms with van der Waals surface area (Å²) in [4.78, 5) is 37.0. The van der Waals surface area contributed by atoms with Crippen molar-refractivity contribution in [1.82, 2.24) is 34.5 Å². The molecule has 1 saturated carbocycles. The number of hydrogen-bond acceptors (Lipinski definition) is 8. The molecule has 0 atom stereocenters. The van der Waals surface area contributed by atoms with Crippen LogP contribution in [0.15, 0.2) is 41.7 Å². The fraction of sp³-hybridized carbons (Fsp3) is 0.462. The standard InChI is InChI=1S/C26H32N8O4/c1-26(2,3)38-25(36)33(5)21-12-20-19(14-28-21)23(16-13-29-32(4)15-16)31-34(20)17-6-8-18(9-7-17)37-24-27-11-10-22(35)30-24/h10-15,17-18H,6-9H2,1-5H3,(H,27,30,35)/t17-,18+. The lowest BCUT2D eigenvalue weighted by Crippen LogP contribution is -2.34. The van der Waals surface area contributed by atoms with Gasteiger partial charge in [0.15, 0.2) is 0 Å². The van der Waals surface area contributed by atoms with E-state index in [2.05, 4.69) is 20.1 Å². The molecule has 1 fully saturated rings. The summed E-state index contributed by atoms with van der Waals surface area (Å²) in [5, 5.41) is 10.2. The molecule has 1 amide bonds. The van der Waals surface area contributed by atoms with Crippen molar-refractivity contribution in [3.8, 4) is 17.3 Å². The quantitative estimate of drug-likeness (QED) is 0.420. The molecule has 200 valence electrons. The second-order valence-electron chi connectivity index (χ2n) is 10.6. The largest absolute Gasteiger partial charge is 0.461 e. The summed E-state index contributed by atoms with van der Waals surface area (Å²) in [6.45, 7) is 5.49. The lowest BCUT2D eigenvalue weighted by atomic mass is 9.93.